The van der Waals surface area contributed by atoms with Gasteiger partial charge in [-0.25, -0.2) is 13.8 Å². The number of carbonyl (C=O) groups is 1. The van der Waals surface area contributed by atoms with Crippen LogP contribution in [0, 0.1) is 18.6 Å². The van der Waals surface area contributed by atoms with E-state index >= 15 is 0 Å². The van der Waals surface area contributed by atoms with Crippen molar-refractivity contribution in [2.75, 3.05) is 0 Å². The summed E-state index contributed by atoms with van der Waals surface area (Å²) in [6, 6.07) is 2.55. The zero-order chi connectivity index (χ0) is 13.3. The van der Waals surface area contributed by atoms with Gasteiger partial charge in [0.15, 0.2) is 11.6 Å². The summed E-state index contributed by atoms with van der Waals surface area (Å²) in [4.78, 5) is 14.6. The van der Waals surface area contributed by atoms with Gasteiger partial charge in [0.2, 0.25) is 0 Å². The molecule has 2 rings (SSSR count). The Bertz CT molecular complexity index is 587. The Balaban J connectivity index is 2.37. The first-order valence-corrected chi connectivity index (χ1v) is 5.97. The van der Waals surface area contributed by atoms with Crippen molar-refractivity contribution in [3.8, 4) is 10.6 Å². The minimum absolute atomic E-state index is 0.181. The van der Waals surface area contributed by atoms with Gasteiger partial charge in [-0.1, -0.05) is 0 Å². The normalized spacial score (nSPS) is 10.6. The molecule has 0 spiro atoms. The van der Waals surface area contributed by atoms with Crippen molar-refractivity contribution in [1.82, 2.24) is 4.98 Å². The lowest BCUT2D eigenvalue weighted by molar-refractivity contribution is -0.136. The average molecular weight is 269 g/mol. The lowest BCUT2D eigenvalue weighted by Gasteiger charge is -2.01. The van der Waals surface area contributed by atoms with Gasteiger partial charge in [-0.05, 0) is 24.6 Å². The third kappa shape index (κ3) is 2.53. The van der Waals surface area contributed by atoms with E-state index in [0.29, 0.717) is 16.3 Å². The molecule has 0 atom stereocenters. The summed E-state index contributed by atoms with van der Waals surface area (Å²) in [7, 11) is 0. The first-order chi connectivity index (χ1) is 8.47. The average Bonchev–Trinajstić information content (AvgIpc) is 2.72. The predicted octanol–water partition coefficient (Wildman–Crippen LogP) is 3.02. The molecule has 0 saturated heterocycles. The lowest BCUT2D eigenvalue weighted by atomic mass is 10.1. The molecule has 1 aromatic heterocycles. The summed E-state index contributed by atoms with van der Waals surface area (Å²) in [5, 5.41) is 10.7. The van der Waals surface area contributed by atoms with Crippen molar-refractivity contribution in [2.45, 2.75) is 13.3 Å². The highest BCUT2D eigenvalue weighted by atomic mass is 32.1. The molecule has 0 unspecified atom stereocenters. The largest absolute Gasteiger partial charge is 0.481 e. The number of nitrogens with zero attached hydrogens (tertiary/aromatic N) is 1. The van der Waals surface area contributed by atoms with Crippen molar-refractivity contribution in [2.24, 2.45) is 0 Å². The molecule has 1 aromatic carbocycles. The molecule has 18 heavy (non-hydrogen) atoms. The maximum Gasteiger partial charge on any atom is 0.309 e. The number of halogens is 2. The minimum Gasteiger partial charge on any atom is -0.481 e. The number of carboxylic acid groups (broad SMARTS) is 1. The zero-order valence-corrected chi connectivity index (χ0v) is 10.2. The number of aryl methyl sites for hydroxylation is 1. The maximum atomic E-state index is 13.3. The first-order valence-electron chi connectivity index (χ1n) is 5.09. The number of rotatable bonds is 3. The first kappa shape index (κ1) is 12.6. The van der Waals surface area contributed by atoms with E-state index in [0.717, 1.165) is 6.07 Å². The third-order valence-electron chi connectivity index (χ3n) is 2.34. The fraction of sp³-hybridized carbons (Fsp3) is 0.167. The highest BCUT2D eigenvalue weighted by molar-refractivity contribution is 7.13. The number of aliphatic carboxylic acids is 1. The molecule has 0 bridgehead atoms. The van der Waals surface area contributed by atoms with Gasteiger partial charge in [-0.15, -0.1) is 11.3 Å². The number of thiazole rings is 1. The molecule has 0 aliphatic carbocycles. The molecule has 94 valence electrons. The summed E-state index contributed by atoms with van der Waals surface area (Å²) >= 11 is 1.20. The van der Waals surface area contributed by atoms with Crippen LogP contribution in [0.25, 0.3) is 10.6 Å². The Morgan fingerprint density at radius 2 is 2.17 bits per heavy atom. The Morgan fingerprint density at radius 3 is 2.78 bits per heavy atom. The van der Waals surface area contributed by atoms with Crippen molar-refractivity contribution < 1.29 is 18.7 Å². The summed E-state index contributed by atoms with van der Waals surface area (Å²) in [5.74, 6) is -2.78. The minimum atomic E-state index is -0.978. The van der Waals surface area contributed by atoms with Crippen molar-refractivity contribution in [1.29, 1.82) is 0 Å². The monoisotopic (exact) mass is 269 g/mol. The van der Waals surface area contributed by atoms with Crippen LogP contribution in [0.3, 0.4) is 0 Å². The molecule has 1 heterocycles. The molecular weight excluding hydrogens is 260 g/mol. The molecule has 6 heteroatoms. The molecular formula is C12H9F2NO2S. The molecule has 0 aliphatic rings. The predicted molar refractivity (Wildman–Crippen MR) is 63.5 cm³/mol. The highest BCUT2D eigenvalue weighted by Gasteiger charge is 2.12. The van der Waals surface area contributed by atoms with Crippen LogP contribution < -0.4 is 0 Å². The Morgan fingerprint density at radius 1 is 1.44 bits per heavy atom. The van der Waals surface area contributed by atoms with Gasteiger partial charge in [0.1, 0.15) is 5.01 Å². The molecule has 0 radical (unpaired) electrons. The maximum absolute atomic E-state index is 13.3. The Labute approximate surface area is 106 Å². The number of hydrogen-bond acceptors (Lipinski definition) is 3. The van der Waals surface area contributed by atoms with Crippen LogP contribution in [0.15, 0.2) is 17.5 Å². The van der Waals surface area contributed by atoms with Gasteiger partial charge < -0.3 is 5.11 Å². The van der Waals surface area contributed by atoms with Crippen LogP contribution >= 0.6 is 11.3 Å². The van der Waals surface area contributed by atoms with E-state index < -0.39 is 17.6 Å². The van der Waals surface area contributed by atoms with E-state index in [-0.39, 0.29) is 12.0 Å². The molecule has 2 aromatic rings. The van der Waals surface area contributed by atoms with E-state index in [4.69, 9.17) is 5.11 Å². The second-order valence-corrected chi connectivity index (χ2v) is 4.66. The fourth-order valence-corrected chi connectivity index (χ4v) is 2.33. The van der Waals surface area contributed by atoms with Gasteiger partial charge >= 0.3 is 5.97 Å². The summed E-state index contributed by atoms with van der Waals surface area (Å²) in [6.45, 7) is 1.47. The van der Waals surface area contributed by atoms with Crippen LogP contribution in [0.4, 0.5) is 8.78 Å². The van der Waals surface area contributed by atoms with Crippen LogP contribution in [-0.2, 0) is 11.2 Å². The zero-order valence-electron chi connectivity index (χ0n) is 9.41. The van der Waals surface area contributed by atoms with Crippen LogP contribution in [0.1, 0.15) is 11.3 Å². The second kappa shape index (κ2) is 4.81. The van der Waals surface area contributed by atoms with Crippen molar-refractivity contribution in [3.05, 3.63) is 40.4 Å². The second-order valence-electron chi connectivity index (χ2n) is 3.80. The Hall–Kier alpha value is -1.82. The molecule has 0 saturated carbocycles. The number of hydrogen-bond donors (Lipinski definition) is 1. The highest BCUT2D eigenvalue weighted by Crippen LogP contribution is 2.27. The van der Waals surface area contributed by atoms with E-state index in [9.17, 15) is 13.6 Å². The smallest absolute Gasteiger partial charge is 0.309 e. The van der Waals surface area contributed by atoms with Gasteiger partial charge in [0.05, 0.1) is 12.1 Å². The van der Waals surface area contributed by atoms with E-state index in [2.05, 4.69) is 4.98 Å². The van der Waals surface area contributed by atoms with Crippen LogP contribution in [0.5, 0.6) is 0 Å². The Kier molecular flexibility index (Phi) is 3.38. The van der Waals surface area contributed by atoms with Crippen molar-refractivity contribution >= 4 is 17.3 Å². The van der Waals surface area contributed by atoms with Gasteiger partial charge in [0, 0.05) is 10.9 Å². The van der Waals surface area contributed by atoms with Crippen molar-refractivity contribution in [3.63, 3.8) is 0 Å². The number of carboxylic acids is 1. The molecule has 1 N–H and O–H groups in total. The molecule has 0 amide bonds. The number of aromatic nitrogens is 1. The SMILES string of the molecule is Cc1cc(-c2nc(CC(=O)O)cs2)cc(F)c1F. The van der Waals surface area contributed by atoms with Gasteiger partial charge in [0.25, 0.3) is 0 Å². The quantitative estimate of drug-likeness (QED) is 0.931. The third-order valence-corrected chi connectivity index (χ3v) is 3.28. The lowest BCUT2D eigenvalue weighted by Crippen LogP contribution is -2.00. The number of benzene rings is 1. The van der Waals surface area contributed by atoms with E-state index in [1.54, 1.807) is 5.38 Å². The standard InChI is InChI=1S/C12H9F2NO2S/c1-6-2-7(3-9(13)11(6)14)12-15-8(5-18-12)4-10(16)17/h2-3,5H,4H2,1H3,(H,16,17). The van der Waals surface area contributed by atoms with Crippen LogP contribution in [-0.4, -0.2) is 16.1 Å². The molecule has 0 fully saturated rings. The van der Waals surface area contributed by atoms with Crippen LogP contribution in [0.2, 0.25) is 0 Å². The molecule has 3 nitrogen and oxygen atoms in total. The molecule has 0 aliphatic heterocycles. The van der Waals surface area contributed by atoms with Gasteiger partial charge in [-0.2, -0.15) is 0 Å². The van der Waals surface area contributed by atoms with E-state index in [1.165, 1.54) is 24.3 Å². The summed E-state index contributed by atoms with van der Waals surface area (Å²) < 4.78 is 26.4. The summed E-state index contributed by atoms with van der Waals surface area (Å²) in [6.07, 6.45) is -0.181. The topological polar surface area (TPSA) is 50.2 Å². The van der Waals surface area contributed by atoms with Gasteiger partial charge in [-0.3, -0.25) is 4.79 Å². The van der Waals surface area contributed by atoms with E-state index in [1.807, 2.05) is 0 Å². The fourth-order valence-electron chi connectivity index (χ4n) is 1.53. The summed E-state index contributed by atoms with van der Waals surface area (Å²) in [5.41, 5.74) is 1.05.